The summed E-state index contributed by atoms with van der Waals surface area (Å²) in [5.41, 5.74) is 3.09. The number of carbonyl (C=O) groups excluding carboxylic acids is 1. The fourth-order valence-electron chi connectivity index (χ4n) is 9.48. The third-order valence-corrected chi connectivity index (χ3v) is 12.6. The minimum absolute atomic E-state index is 0.116. The molecule has 70 heavy (non-hydrogen) atoms. The van der Waals surface area contributed by atoms with Crippen LogP contribution in [0.4, 0.5) is 17.6 Å². The number of halogens is 4. The van der Waals surface area contributed by atoms with E-state index < -0.39 is 46.4 Å². The first-order chi connectivity index (χ1) is 34.1. The van der Waals surface area contributed by atoms with E-state index in [-0.39, 0.29) is 22.5 Å². The van der Waals surface area contributed by atoms with Crippen LogP contribution in [0.2, 0.25) is 0 Å². The highest BCUT2D eigenvalue weighted by Gasteiger charge is 2.60. The summed E-state index contributed by atoms with van der Waals surface area (Å²) in [4.78, 5) is 27.6. The minimum atomic E-state index is -3.42. The maximum absolute atomic E-state index is 18.2. The fourth-order valence-corrected chi connectivity index (χ4v) is 9.48. The molecule has 5 aromatic carbocycles. The average Bonchev–Trinajstić information content (AvgIpc) is 4.20. The Hall–Kier alpha value is -8.89. The molecule has 0 amide bonds. The molecule has 6 nitrogen and oxygen atoms in total. The molecule has 0 fully saturated rings. The van der Waals surface area contributed by atoms with E-state index in [0.29, 0.717) is 55.8 Å². The number of benzene rings is 5. The van der Waals surface area contributed by atoms with Crippen molar-refractivity contribution in [1.29, 1.82) is 0 Å². The molecule has 1 aliphatic carbocycles. The molecule has 2 unspecified atom stereocenters. The summed E-state index contributed by atoms with van der Waals surface area (Å²) in [6.07, 6.45) is 2.07. The van der Waals surface area contributed by atoms with E-state index >= 15 is 17.6 Å². The van der Waals surface area contributed by atoms with Crippen molar-refractivity contribution in [3.05, 3.63) is 240 Å². The van der Waals surface area contributed by atoms with Crippen LogP contribution in [-0.4, -0.2) is 37.3 Å². The van der Waals surface area contributed by atoms with Crippen LogP contribution in [0.3, 0.4) is 0 Å². The quantitative estimate of drug-likeness (QED) is 0.0936. The number of hydrogen-bond acceptors (Lipinski definition) is 4. The Morgan fingerprint density at radius 3 is 1.70 bits per heavy atom. The molecular weight excluding hydrogens is 885 g/mol. The average molecular weight is 925 g/mol. The van der Waals surface area contributed by atoms with E-state index in [9.17, 15) is 4.79 Å². The van der Waals surface area contributed by atoms with Crippen molar-refractivity contribution in [3.8, 4) is 39.1 Å². The van der Waals surface area contributed by atoms with Gasteiger partial charge in [-0.3, -0.25) is 0 Å². The van der Waals surface area contributed by atoms with E-state index in [1.54, 1.807) is 18.2 Å². The van der Waals surface area contributed by atoms with Crippen molar-refractivity contribution in [2.75, 3.05) is 0 Å². The van der Waals surface area contributed by atoms with Gasteiger partial charge in [-0.25, -0.2) is 32.3 Å². The van der Waals surface area contributed by atoms with Crippen molar-refractivity contribution in [3.63, 3.8) is 0 Å². The van der Waals surface area contributed by atoms with Crippen LogP contribution >= 0.6 is 0 Å². The Bertz CT molecular complexity index is 3710. The molecule has 5 heterocycles. The molecule has 0 saturated carbocycles. The molecule has 8 bridgehead atoms. The van der Waals surface area contributed by atoms with E-state index in [4.69, 9.17) is 14.7 Å². The number of fused-ring (bicyclic) bond motifs is 8. The predicted molar refractivity (Wildman–Crippen MR) is 271 cm³/mol. The number of H-pyrrole nitrogens is 1. The number of carbonyl (C=O) groups is 1. The summed E-state index contributed by atoms with van der Waals surface area (Å²) in [7, 11) is 0. The number of para-hydroxylation sites is 1. The molecular formula is C60H40F4N4O2. The van der Waals surface area contributed by atoms with Gasteiger partial charge in [-0.2, -0.15) is 0 Å². The minimum Gasteiger partial charge on any atom is -0.440 e. The number of allylic oxidation sites excluding steroid dienone is 2. The van der Waals surface area contributed by atoms with Gasteiger partial charge in [0, 0.05) is 44.6 Å². The van der Waals surface area contributed by atoms with Gasteiger partial charge in [0.25, 0.3) is 0 Å². The summed E-state index contributed by atoms with van der Waals surface area (Å²) < 4.78 is 79.0. The Morgan fingerprint density at radius 2 is 1.13 bits per heavy atom. The van der Waals surface area contributed by atoms with Crippen molar-refractivity contribution in [2.45, 2.75) is 18.7 Å². The number of aromatic amines is 1. The van der Waals surface area contributed by atoms with Gasteiger partial charge in [0.1, 0.15) is 5.83 Å². The Labute approximate surface area is 400 Å². The Balaban J connectivity index is 1.42. The molecule has 3 aromatic heterocycles. The van der Waals surface area contributed by atoms with Crippen molar-refractivity contribution < 1.29 is 27.1 Å². The van der Waals surface area contributed by atoms with Gasteiger partial charge >= 0.3 is 5.97 Å². The molecule has 0 radical (unpaired) electrons. The summed E-state index contributed by atoms with van der Waals surface area (Å²) in [6, 6.07) is 54.7. The standard InChI is InChI=1S/C60H40F4N4O2/c1-36(2)59(69)70-60(57(63)53(61)51(54(62)58(60)64)39-22-12-5-13-23-39)47-34-45-33-43-29-28-41(65-43)32-42-30-31-44(66-42)35-48-49(37-18-8-3-9-19-37)50(38-20-10-4-11-21-38)56(68(48)46-26-16-7-17-27-46)52(55(47)67-45)40-24-14-6-15-25-40/h3-35,57,65H,1H2,2H3. The number of ether oxygens (including phenoxy) is 1. The number of nitrogens with zero attached hydrogens (tertiary/aromatic N) is 3. The maximum atomic E-state index is 18.2. The second kappa shape index (κ2) is 17.6. The highest BCUT2D eigenvalue weighted by Crippen LogP contribution is 2.56. The van der Waals surface area contributed by atoms with Crippen LogP contribution in [0, 0.1) is 0 Å². The lowest BCUT2D eigenvalue weighted by atomic mass is 9.77. The van der Waals surface area contributed by atoms with Crippen LogP contribution in [-0.2, 0) is 9.53 Å². The second-order valence-electron chi connectivity index (χ2n) is 17.2. The van der Waals surface area contributed by atoms with Crippen molar-refractivity contribution in [2.24, 2.45) is 0 Å². The molecule has 2 aliphatic heterocycles. The number of alkyl halides is 1. The smallest absolute Gasteiger partial charge is 0.334 e. The highest BCUT2D eigenvalue weighted by atomic mass is 19.2. The second-order valence-corrected chi connectivity index (χ2v) is 17.2. The third-order valence-electron chi connectivity index (χ3n) is 12.6. The molecule has 2 atom stereocenters. The zero-order chi connectivity index (χ0) is 48.1. The van der Waals surface area contributed by atoms with Crippen LogP contribution in [0.25, 0.3) is 90.5 Å². The normalized spacial score (nSPS) is 16.6. The number of esters is 1. The summed E-state index contributed by atoms with van der Waals surface area (Å²) in [6.45, 7) is 4.99. The molecule has 10 heteroatoms. The maximum Gasteiger partial charge on any atom is 0.334 e. The molecule has 11 rings (SSSR count). The van der Waals surface area contributed by atoms with Gasteiger partial charge in [0.2, 0.25) is 11.8 Å². The van der Waals surface area contributed by atoms with E-state index in [2.05, 4.69) is 16.1 Å². The lowest BCUT2D eigenvalue weighted by molar-refractivity contribution is -0.152. The van der Waals surface area contributed by atoms with E-state index in [1.165, 1.54) is 37.3 Å². The number of nitrogens with one attached hydrogen (secondary N) is 1. The molecule has 1 N–H and O–H groups in total. The first-order valence-corrected chi connectivity index (χ1v) is 22.6. The van der Waals surface area contributed by atoms with Crippen molar-refractivity contribution in [1.82, 2.24) is 19.5 Å². The van der Waals surface area contributed by atoms with Gasteiger partial charge in [0.05, 0.1) is 39.4 Å². The van der Waals surface area contributed by atoms with Gasteiger partial charge in [-0.1, -0.05) is 146 Å². The lowest BCUT2D eigenvalue weighted by Crippen LogP contribution is -2.49. The number of aromatic nitrogens is 4. The Morgan fingerprint density at radius 1 is 0.629 bits per heavy atom. The first kappa shape index (κ1) is 43.7. The Kier molecular flexibility index (Phi) is 11.0. The first-order valence-electron chi connectivity index (χ1n) is 22.6. The van der Waals surface area contributed by atoms with E-state index in [1.807, 2.05) is 152 Å². The molecule has 8 aromatic rings. The number of hydrogen-bond donors (Lipinski definition) is 1. The predicted octanol–water partition coefficient (Wildman–Crippen LogP) is 15.2. The molecule has 0 saturated heterocycles. The summed E-state index contributed by atoms with van der Waals surface area (Å²) in [5.74, 6) is -6.56. The SMILES string of the molecule is C=C(C)C(=O)OC1(C2=Cc3cc4ccc(cc5nc(cc6c(-c7ccccc7)c(-c7ccccc7)c(c(-c7ccccc7)c2n3)n6-c2ccccc2)C=C5)[nH]4)C(F)=C(F)C(c2ccccc2)=C(F)C1F. The lowest BCUT2D eigenvalue weighted by Gasteiger charge is -2.38. The van der Waals surface area contributed by atoms with Gasteiger partial charge in [-0.05, 0) is 89.9 Å². The highest BCUT2D eigenvalue weighted by molar-refractivity contribution is 6.12. The van der Waals surface area contributed by atoms with Crippen LogP contribution < -0.4 is 0 Å². The fraction of sp³-hybridized carbons (Fsp3) is 0.0500. The van der Waals surface area contributed by atoms with Crippen LogP contribution in [0.1, 0.15) is 35.3 Å². The molecule has 0 spiro atoms. The van der Waals surface area contributed by atoms with E-state index in [0.717, 1.165) is 16.7 Å². The van der Waals surface area contributed by atoms with Gasteiger partial charge in [0.15, 0.2) is 11.7 Å². The largest absolute Gasteiger partial charge is 0.440 e. The number of rotatable bonds is 8. The third kappa shape index (κ3) is 7.41. The summed E-state index contributed by atoms with van der Waals surface area (Å²) >= 11 is 0. The zero-order valence-corrected chi connectivity index (χ0v) is 37.5. The van der Waals surface area contributed by atoms with Crippen LogP contribution in [0.15, 0.2) is 212 Å². The van der Waals surface area contributed by atoms with Gasteiger partial charge in [-0.15, -0.1) is 0 Å². The van der Waals surface area contributed by atoms with Crippen LogP contribution in [0.5, 0.6) is 0 Å². The monoisotopic (exact) mass is 924 g/mol. The van der Waals surface area contributed by atoms with Gasteiger partial charge < -0.3 is 14.3 Å². The van der Waals surface area contributed by atoms with Crippen molar-refractivity contribution >= 4 is 57.4 Å². The summed E-state index contributed by atoms with van der Waals surface area (Å²) in [5, 5.41) is 0. The molecule has 3 aliphatic rings. The molecule has 340 valence electrons. The topological polar surface area (TPSA) is 72.8 Å². The zero-order valence-electron chi connectivity index (χ0n) is 37.5.